The van der Waals surface area contributed by atoms with Crippen LogP contribution < -0.4 is 10.2 Å². The van der Waals surface area contributed by atoms with Crippen molar-refractivity contribution in [1.29, 1.82) is 0 Å². The Morgan fingerprint density at radius 2 is 1.78 bits per heavy atom. The Morgan fingerprint density at radius 3 is 2.39 bits per heavy atom. The van der Waals surface area contributed by atoms with Gasteiger partial charge in [-0.2, -0.15) is 18.3 Å². The van der Waals surface area contributed by atoms with Gasteiger partial charge in [0, 0.05) is 0 Å². The average Bonchev–Trinajstić information content (AvgIpc) is 2.48. The molecule has 3 nitrogen and oxygen atoms in total. The van der Waals surface area contributed by atoms with Crippen LogP contribution in [-0.2, 0) is 6.18 Å². The molecule has 0 aliphatic heterocycles. The number of anilines is 1. The lowest BCUT2D eigenvalue weighted by atomic mass is 10.2. The van der Waals surface area contributed by atoms with E-state index in [4.69, 9.17) is 4.74 Å². The van der Waals surface area contributed by atoms with Gasteiger partial charge in [0.25, 0.3) is 0 Å². The van der Waals surface area contributed by atoms with Crippen molar-refractivity contribution in [3.63, 3.8) is 0 Å². The first-order valence-corrected chi connectivity index (χ1v) is 7.07. The highest BCUT2D eigenvalue weighted by Crippen LogP contribution is 2.30. The minimum absolute atomic E-state index is 0.0945. The normalized spacial score (nSPS) is 11.9. The van der Waals surface area contributed by atoms with Crippen LogP contribution in [0.25, 0.3) is 0 Å². The SMILES string of the molecule is CC(C)Oc1ccc(C=NNc2cccc(C(F)(F)F)c2)cc1. The van der Waals surface area contributed by atoms with Gasteiger partial charge < -0.3 is 4.74 Å². The van der Waals surface area contributed by atoms with E-state index in [2.05, 4.69) is 10.5 Å². The zero-order valence-electron chi connectivity index (χ0n) is 12.8. The standard InChI is InChI=1S/C17H17F3N2O/c1-12(2)23-16-8-6-13(7-9-16)11-21-22-15-5-3-4-14(10-15)17(18,19)20/h3-12,22H,1-2H3. The first-order chi connectivity index (χ1) is 10.8. The largest absolute Gasteiger partial charge is 0.491 e. The maximum absolute atomic E-state index is 12.6. The highest BCUT2D eigenvalue weighted by atomic mass is 19.4. The Hall–Kier alpha value is -2.50. The molecule has 2 aromatic carbocycles. The van der Waals surface area contributed by atoms with Gasteiger partial charge in [-0.25, -0.2) is 0 Å². The Morgan fingerprint density at radius 1 is 1.09 bits per heavy atom. The summed E-state index contributed by atoms with van der Waals surface area (Å²) in [6.07, 6.45) is -2.75. The second kappa shape index (κ2) is 7.17. The Balaban J connectivity index is 1.99. The molecule has 6 heteroatoms. The van der Waals surface area contributed by atoms with Gasteiger partial charge in [0.15, 0.2) is 0 Å². The van der Waals surface area contributed by atoms with E-state index in [1.165, 1.54) is 18.3 Å². The van der Waals surface area contributed by atoms with Crippen molar-refractivity contribution in [1.82, 2.24) is 0 Å². The number of hydrazone groups is 1. The monoisotopic (exact) mass is 322 g/mol. The molecule has 0 aromatic heterocycles. The van der Waals surface area contributed by atoms with E-state index in [0.717, 1.165) is 23.4 Å². The summed E-state index contributed by atoms with van der Waals surface area (Å²) in [6.45, 7) is 3.88. The van der Waals surface area contributed by atoms with Gasteiger partial charge in [0.1, 0.15) is 5.75 Å². The van der Waals surface area contributed by atoms with E-state index in [1.807, 2.05) is 38.1 Å². The summed E-state index contributed by atoms with van der Waals surface area (Å²) in [7, 11) is 0. The molecule has 0 aliphatic rings. The molecule has 0 unspecified atom stereocenters. The first kappa shape index (κ1) is 16.9. The molecule has 0 saturated heterocycles. The van der Waals surface area contributed by atoms with Crippen LogP contribution >= 0.6 is 0 Å². The van der Waals surface area contributed by atoms with Crippen molar-refractivity contribution in [3.8, 4) is 5.75 Å². The number of benzene rings is 2. The van der Waals surface area contributed by atoms with Gasteiger partial charge >= 0.3 is 6.18 Å². The van der Waals surface area contributed by atoms with Crippen LogP contribution in [0.4, 0.5) is 18.9 Å². The number of nitrogens with zero attached hydrogens (tertiary/aromatic N) is 1. The molecule has 0 fully saturated rings. The molecule has 0 saturated carbocycles. The molecule has 0 bridgehead atoms. The highest BCUT2D eigenvalue weighted by Gasteiger charge is 2.30. The van der Waals surface area contributed by atoms with Crippen molar-refractivity contribution >= 4 is 11.9 Å². The van der Waals surface area contributed by atoms with Crippen molar-refractivity contribution in [3.05, 3.63) is 59.7 Å². The van der Waals surface area contributed by atoms with Crippen molar-refractivity contribution in [2.24, 2.45) is 5.10 Å². The molecule has 1 N–H and O–H groups in total. The Bertz CT molecular complexity index is 664. The van der Waals surface area contributed by atoms with Gasteiger partial charge in [-0.05, 0) is 61.9 Å². The fourth-order valence-electron chi connectivity index (χ4n) is 1.85. The molecular weight excluding hydrogens is 305 g/mol. The molecule has 2 aromatic rings. The molecule has 2 rings (SSSR count). The van der Waals surface area contributed by atoms with Gasteiger partial charge in [-0.3, -0.25) is 5.43 Å². The molecule has 23 heavy (non-hydrogen) atoms. The van der Waals surface area contributed by atoms with Crippen LogP contribution in [-0.4, -0.2) is 12.3 Å². The van der Waals surface area contributed by atoms with Gasteiger partial charge in [0.2, 0.25) is 0 Å². The number of hydrogen-bond donors (Lipinski definition) is 1. The van der Waals surface area contributed by atoms with Crippen LogP contribution in [0.3, 0.4) is 0 Å². The lowest BCUT2D eigenvalue weighted by Crippen LogP contribution is -2.05. The highest BCUT2D eigenvalue weighted by molar-refractivity contribution is 5.80. The molecule has 0 heterocycles. The van der Waals surface area contributed by atoms with Crippen LogP contribution in [0.15, 0.2) is 53.6 Å². The Labute approximate surface area is 132 Å². The molecule has 122 valence electrons. The molecule has 0 amide bonds. The second-order valence-electron chi connectivity index (χ2n) is 5.18. The zero-order chi connectivity index (χ0) is 16.9. The third-order valence-corrected chi connectivity index (χ3v) is 2.85. The van der Waals surface area contributed by atoms with E-state index >= 15 is 0 Å². The Kier molecular flexibility index (Phi) is 5.26. The number of alkyl halides is 3. The number of hydrogen-bond acceptors (Lipinski definition) is 3. The minimum Gasteiger partial charge on any atom is -0.491 e. The van der Waals surface area contributed by atoms with E-state index < -0.39 is 11.7 Å². The van der Waals surface area contributed by atoms with Crippen molar-refractivity contribution < 1.29 is 17.9 Å². The molecule has 0 aliphatic carbocycles. The summed E-state index contributed by atoms with van der Waals surface area (Å²) in [6, 6.07) is 12.1. The fourth-order valence-corrected chi connectivity index (χ4v) is 1.85. The lowest BCUT2D eigenvalue weighted by molar-refractivity contribution is -0.137. The average molecular weight is 322 g/mol. The fraction of sp³-hybridized carbons (Fsp3) is 0.235. The third kappa shape index (κ3) is 5.32. The van der Waals surface area contributed by atoms with Gasteiger partial charge in [0.05, 0.1) is 23.6 Å². The summed E-state index contributed by atoms with van der Waals surface area (Å²) in [5.74, 6) is 0.753. The van der Waals surface area contributed by atoms with Gasteiger partial charge in [-0.15, -0.1) is 0 Å². The predicted molar refractivity (Wildman–Crippen MR) is 84.9 cm³/mol. The summed E-state index contributed by atoms with van der Waals surface area (Å²) >= 11 is 0. The van der Waals surface area contributed by atoms with Crippen LogP contribution in [0.1, 0.15) is 25.0 Å². The first-order valence-electron chi connectivity index (χ1n) is 7.07. The van der Waals surface area contributed by atoms with Crippen molar-refractivity contribution in [2.45, 2.75) is 26.1 Å². The molecule has 0 radical (unpaired) electrons. The molecular formula is C17H17F3N2O. The third-order valence-electron chi connectivity index (χ3n) is 2.85. The van der Waals surface area contributed by atoms with Crippen LogP contribution in [0.5, 0.6) is 5.75 Å². The second-order valence-corrected chi connectivity index (χ2v) is 5.18. The zero-order valence-corrected chi connectivity index (χ0v) is 12.8. The summed E-state index contributed by atoms with van der Waals surface area (Å²) in [4.78, 5) is 0. The van der Waals surface area contributed by atoms with E-state index in [-0.39, 0.29) is 11.8 Å². The lowest BCUT2D eigenvalue weighted by Gasteiger charge is -2.09. The summed E-state index contributed by atoms with van der Waals surface area (Å²) in [5, 5.41) is 3.94. The molecule has 0 spiro atoms. The predicted octanol–water partition coefficient (Wildman–Crippen LogP) is 4.94. The topological polar surface area (TPSA) is 33.6 Å². The van der Waals surface area contributed by atoms with E-state index in [1.54, 1.807) is 0 Å². The smallest absolute Gasteiger partial charge is 0.416 e. The minimum atomic E-state index is -4.37. The van der Waals surface area contributed by atoms with E-state index in [9.17, 15) is 13.2 Å². The van der Waals surface area contributed by atoms with Crippen LogP contribution in [0.2, 0.25) is 0 Å². The maximum atomic E-state index is 12.6. The van der Waals surface area contributed by atoms with Crippen LogP contribution in [0, 0.1) is 0 Å². The summed E-state index contributed by atoms with van der Waals surface area (Å²) in [5.41, 5.74) is 2.96. The van der Waals surface area contributed by atoms with Crippen molar-refractivity contribution in [2.75, 3.05) is 5.43 Å². The van der Waals surface area contributed by atoms with E-state index in [0.29, 0.717) is 0 Å². The number of rotatable bonds is 5. The number of nitrogens with one attached hydrogen (secondary N) is 1. The molecule has 0 atom stereocenters. The summed E-state index contributed by atoms with van der Waals surface area (Å²) < 4.78 is 43.3. The van der Waals surface area contributed by atoms with Gasteiger partial charge in [-0.1, -0.05) is 6.07 Å². The quantitative estimate of drug-likeness (QED) is 0.625. The maximum Gasteiger partial charge on any atom is 0.416 e. The number of ether oxygens (including phenoxy) is 1. The number of halogens is 3.